The molecule has 0 radical (unpaired) electrons. The quantitative estimate of drug-likeness (QED) is 0.477. The van der Waals surface area contributed by atoms with Gasteiger partial charge in [-0.05, 0) is 5.56 Å². The van der Waals surface area contributed by atoms with E-state index in [2.05, 4.69) is 31.9 Å². The largest absolute Gasteiger partial charge is 0.298 e. The van der Waals surface area contributed by atoms with Crippen LogP contribution in [0.2, 0.25) is 0 Å². The molecule has 0 aliphatic carbocycles. The van der Waals surface area contributed by atoms with Gasteiger partial charge in [-0.1, -0.05) is 97.0 Å². The Morgan fingerprint density at radius 3 is 2.11 bits per heavy atom. The highest BCUT2D eigenvalue weighted by atomic mass is 79.9. The predicted octanol–water partition coefficient (Wildman–Crippen LogP) is 4.78. The molecule has 2 atom stereocenters. The number of carbonyl (C=O) groups excluding carboxylic acids is 2. The molecule has 0 fully saturated rings. The lowest BCUT2D eigenvalue weighted by Crippen LogP contribution is -2.27. The monoisotopic (exact) mass is 448 g/mol. The molecule has 1 aromatic carbocycles. The van der Waals surface area contributed by atoms with E-state index in [1.807, 2.05) is 30.3 Å². The number of halogens is 5. The van der Waals surface area contributed by atoms with Gasteiger partial charge in [-0.25, -0.2) is 0 Å². The lowest BCUT2D eigenvalue weighted by molar-refractivity contribution is -0.126. The van der Waals surface area contributed by atoms with Crippen molar-refractivity contribution in [1.82, 2.24) is 0 Å². The number of carbonyl (C=O) groups is 2. The summed E-state index contributed by atoms with van der Waals surface area (Å²) in [5.41, 5.74) is 0.916. The van der Waals surface area contributed by atoms with Crippen LogP contribution >= 0.6 is 66.7 Å². The van der Waals surface area contributed by atoms with Crippen LogP contribution in [0, 0.1) is 0 Å². The molecule has 104 valence electrons. The maximum absolute atomic E-state index is 11.9. The third-order valence-corrected chi connectivity index (χ3v) is 5.77. The Kier molecular flexibility index (Phi) is 6.81. The number of hydrogen-bond donors (Lipinski definition) is 0. The van der Waals surface area contributed by atoms with Crippen LogP contribution < -0.4 is 0 Å². The first-order valence-corrected chi connectivity index (χ1v) is 8.16. The Labute approximate surface area is 143 Å². The topological polar surface area (TPSA) is 34.1 Å². The summed E-state index contributed by atoms with van der Waals surface area (Å²) in [6.07, 6.45) is -0.429. The summed E-state index contributed by atoms with van der Waals surface area (Å²) < 4.78 is -2.06. The number of ketones is 2. The second kappa shape index (κ2) is 7.41. The maximum atomic E-state index is 11.9. The van der Waals surface area contributed by atoms with E-state index in [0.29, 0.717) is 0 Å². The third kappa shape index (κ3) is 5.35. The number of rotatable bonds is 5. The van der Waals surface area contributed by atoms with Gasteiger partial charge in [0.1, 0.15) is 0 Å². The molecule has 0 aliphatic heterocycles. The molecular formula is C12H9Br2Cl3O2. The molecule has 0 saturated heterocycles. The van der Waals surface area contributed by atoms with Gasteiger partial charge in [0, 0.05) is 0 Å². The van der Waals surface area contributed by atoms with Crippen molar-refractivity contribution in [3.05, 3.63) is 35.9 Å². The normalized spacial score (nSPS) is 14.8. The zero-order chi connectivity index (χ0) is 14.6. The van der Waals surface area contributed by atoms with Crippen molar-refractivity contribution in [2.75, 3.05) is 0 Å². The number of alkyl halides is 5. The average molecular weight is 451 g/mol. The first kappa shape index (κ1) is 17.4. The van der Waals surface area contributed by atoms with E-state index in [1.165, 1.54) is 0 Å². The van der Waals surface area contributed by atoms with E-state index < -0.39 is 20.8 Å². The molecule has 0 amide bonds. The van der Waals surface area contributed by atoms with Gasteiger partial charge in [-0.15, -0.1) is 0 Å². The molecule has 1 aromatic rings. The fourth-order valence-corrected chi connectivity index (χ4v) is 2.59. The van der Waals surface area contributed by atoms with E-state index in [9.17, 15) is 9.59 Å². The van der Waals surface area contributed by atoms with Crippen molar-refractivity contribution in [1.29, 1.82) is 0 Å². The van der Waals surface area contributed by atoms with Gasteiger partial charge < -0.3 is 0 Å². The molecule has 0 N–H and O–H groups in total. The van der Waals surface area contributed by atoms with Crippen molar-refractivity contribution in [2.45, 2.75) is 19.9 Å². The number of benzene rings is 1. The van der Waals surface area contributed by atoms with Crippen LogP contribution in [0.1, 0.15) is 16.8 Å². The minimum atomic E-state index is -2.06. The number of Topliss-reactive ketones (excluding diaryl/α,β-unsaturated/α-hetero) is 2. The minimum Gasteiger partial charge on any atom is -0.298 e. The van der Waals surface area contributed by atoms with Crippen molar-refractivity contribution in [3.8, 4) is 0 Å². The summed E-state index contributed by atoms with van der Waals surface area (Å²) in [7, 11) is 0. The van der Waals surface area contributed by atoms with Crippen molar-refractivity contribution in [2.24, 2.45) is 0 Å². The smallest absolute Gasteiger partial charge is 0.249 e. The molecule has 0 heterocycles. The molecule has 0 bridgehead atoms. The standard InChI is InChI=1S/C12H9Br2Cl3O2/c13-10(7-4-2-1-3-5-7)11(14)8(18)6-9(19)12(15,16)17/h1-5,10-11H,6H2/t10-,11-/m1/s1. The van der Waals surface area contributed by atoms with Crippen LogP contribution in [-0.2, 0) is 9.59 Å². The molecular weight excluding hydrogens is 442 g/mol. The Hall–Kier alpha value is 0.390. The van der Waals surface area contributed by atoms with Gasteiger partial charge in [-0.2, -0.15) is 0 Å². The maximum Gasteiger partial charge on any atom is 0.249 e. The van der Waals surface area contributed by atoms with E-state index in [0.717, 1.165) is 5.56 Å². The highest BCUT2D eigenvalue weighted by Gasteiger charge is 2.34. The summed E-state index contributed by atoms with van der Waals surface area (Å²) in [5.74, 6) is -1.08. The molecule has 0 saturated carbocycles. The summed E-state index contributed by atoms with van der Waals surface area (Å²) in [4.78, 5) is 22.6. The summed E-state index contributed by atoms with van der Waals surface area (Å²) >= 11 is 23.0. The molecule has 19 heavy (non-hydrogen) atoms. The predicted molar refractivity (Wildman–Crippen MR) is 85.7 cm³/mol. The second-order valence-electron chi connectivity index (χ2n) is 3.78. The first-order valence-electron chi connectivity index (χ1n) is 5.19. The van der Waals surface area contributed by atoms with Crippen LogP contribution in [0.4, 0.5) is 0 Å². The molecule has 0 spiro atoms. The lowest BCUT2D eigenvalue weighted by atomic mass is 10.0. The van der Waals surface area contributed by atoms with E-state index in [1.54, 1.807) is 0 Å². The molecule has 7 heteroatoms. The Morgan fingerprint density at radius 1 is 1.11 bits per heavy atom. The van der Waals surface area contributed by atoms with Gasteiger partial charge in [0.2, 0.25) is 3.79 Å². The highest BCUT2D eigenvalue weighted by molar-refractivity contribution is 9.12. The lowest BCUT2D eigenvalue weighted by Gasteiger charge is -2.17. The molecule has 0 unspecified atom stereocenters. The number of hydrogen-bond acceptors (Lipinski definition) is 2. The molecule has 2 nitrogen and oxygen atoms in total. The first-order chi connectivity index (χ1) is 8.73. The zero-order valence-corrected chi connectivity index (χ0v) is 14.9. The summed E-state index contributed by atoms with van der Waals surface area (Å²) in [5, 5.41) is 0. The van der Waals surface area contributed by atoms with Crippen LogP contribution in [0.25, 0.3) is 0 Å². The van der Waals surface area contributed by atoms with Gasteiger partial charge in [0.15, 0.2) is 11.6 Å². The van der Waals surface area contributed by atoms with Gasteiger partial charge in [0.25, 0.3) is 0 Å². The summed E-state index contributed by atoms with van der Waals surface area (Å²) in [6.45, 7) is 0. The highest BCUT2D eigenvalue weighted by Crippen LogP contribution is 2.34. The Morgan fingerprint density at radius 2 is 1.63 bits per heavy atom. The van der Waals surface area contributed by atoms with Crippen molar-refractivity contribution < 1.29 is 9.59 Å². The third-order valence-electron chi connectivity index (χ3n) is 2.33. The summed E-state index contributed by atoms with van der Waals surface area (Å²) in [6, 6.07) is 9.34. The second-order valence-corrected chi connectivity index (χ2v) is 8.03. The van der Waals surface area contributed by atoms with Crippen LogP contribution in [0.15, 0.2) is 30.3 Å². The minimum absolute atomic E-state index is 0.260. The SMILES string of the molecule is O=C(CC(=O)C(Cl)(Cl)Cl)[C@@H](Br)[C@H](Br)c1ccccc1. The fourth-order valence-electron chi connectivity index (χ4n) is 1.33. The van der Waals surface area contributed by atoms with E-state index >= 15 is 0 Å². The average Bonchev–Trinajstić information content (AvgIpc) is 2.36. The van der Waals surface area contributed by atoms with Gasteiger partial charge in [-0.3, -0.25) is 9.59 Å². The van der Waals surface area contributed by atoms with Crippen LogP contribution in [0.5, 0.6) is 0 Å². The zero-order valence-electron chi connectivity index (χ0n) is 9.45. The Balaban J connectivity index is 2.70. The van der Waals surface area contributed by atoms with Crippen LogP contribution in [-0.4, -0.2) is 20.2 Å². The fraction of sp³-hybridized carbons (Fsp3) is 0.333. The Bertz CT molecular complexity index is 460. The molecule has 0 aromatic heterocycles. The molecule has 0 aliphatic rings. The van der Waals surface area contributed by atoms with Crippen LogP contribution in [0.3, 0.4) is 0 Å². The van der Waals surface area contributed by atoms with Crippen molar-refractivity contribution >= 4 is 78.2 Å². The van der Waals surface area contributed by atoms with Gasteiger partial charge in [0.05, 0.1) is 16.1 Å². The van der Waals surface area contributed by atoms with Gasteiger partial charge >= 0.3 is 0 Å². The molecule has 1 rings (SSSR count). The van der Waals surface area contributed by atoms with Crippen molar-refractivity contribution in [3.63, 3.8) is 0 Å². The van der Waals surface area contributed by atoms with E-state index in [4.69, 9.17) is 34.8 Å². The van der Waals surface area contributed by atoms with E-state index in [-0.39, 0.29) is 10.6 Å².